The van der Waals surface area contributed by atoms with E-state index in [0.29, 0.717) is 0 Å². The lowest BCUT2D eigenvalue weighted by molar-refractivity contribution is 0.630. The van der Waals surface area contributed by atoms with Crippen LogP contribution in [0, 0.1) is 6.92 Å². The molecule has 0 radical (unpaired) electrons. The number of benzene rings is 1. The molecule has 0 aliphatic carbocycles. The van der Waals surface area contributed by atoms with Gasteiger partial charge in [-0.2, -0.15) is 5.10 Å². The molecule has 90 valence electrons. The maximum atomic E-state index is 4.56. The van der Waals surface area contributed by atoms with Crippen molar-refractivity contribution in [3.63, 3.8) is 0 Å². The van der Waals surface area contributed by atoms with E-state index in [1.165, 1.54) is 5.56 Å². The van der Waals surface area contributed by atoms with Crippen molar-refractivity contribution in [2.24, 2.45) is 0 Å². The first-order valence-electron chi connectivity index (χ1n) is 6.16. The molecular formula is C15H15N3. The van der Waals surface area contributed by atoms with Gasteiger partial charge in [-0.1, -0.05) is 30.3 Å². The third-order valence-electron chi connectivity index (χ3n) is 3.13. The van der Waals surface area contributed by atoms with E-state index in [4.69, 9.17) is 0 Å². The van der Waals surface area contributed by atoms with Crippen molar-refractivity contribution < 1.29 is 0 Å². The smallest absolute Gasteiger partial charge is 0.111 e. The van der Waals surface area contributed by atoms with Crippen LogP contribution in [-0.4, -0.2) is 14.8 Å². The second-order valence-electron chi connectivity index (χ2n) is 4.42. The molecule has 1 aromatic carbocycles. The molecule has 0 fully saturated rings. The summed E-state index contributed by atoms with van der Waals surface area (Å²) in [6, 6.07) is 14.5. The molecule has 0 saturated heterocycles. The summed E-state index contributed by atoms with van der Waals surface area (Å²) < 4.78 is 2.05. The van der Waals surface area contributed by atoms with Gasteiger partial charge in [0.2, 0.25) is 0 Å². The Balaban J connectivity index is 1.87. The highest BCUT2D eigenvalue weighted by Gasteiger charge is 2.07. The molecule has 0 spiro atoms. The minimum atomic E-state index is 0.889. The molecule has 0 amide bonds. The number of aryl methyl sites for hydroxylation is 3. The van der Waals surface area contributed by atoms with Crippen LogP contribution < -0.4 is 0 Å². The van der Waals surface area contributed by atoms with Crippen LogP contribution in [0.15, 0.2) is 48.7 Å². The molecule has 3 aromatic rings. The summed E-state index contributed by atoms with van der Waals surface area (Å²) >= 11 is 0. The molecule has 0 aliphatic heterocycles. The van der Waals surface area contributed by atoms with Gasteiger partial charge < -0.3 is 0 Å². The molecule has 0 bridgehead atoms. The Morgan fingerprint density at radius 3 is 2.72 bits per heavy atom. The van der Waals surface area contributed by atoms with Gasteiger partial charge in [0.1, 0.15) is 5.52 Å². The molecule has 0 N–H and O–H groups in total. The van der Waals surface area contributed by atoms with Gasteiger partial charge in [0.05, 0.1) is 11.2 Å². The highest BCUT2D eigenvalue weighted by molar-refractivity contribution is 5.76. The Hall–Kier alpha value is -2.16. The van der Waals surface area contributed by atoms with Gasteiger partial charge in [-0.25, -0.2) is 0 Å². The van der Waals surface area contributed by atoms with Crippen LogP contribution in [0.5, 0.6) is 0 Å². The van der Waals surface area contributed by atoms with Gasteiger partial charge in [-0.3, -0.25) is 9.67 Å². The second kappa shape index (κ2) is 4.61. The normalized spacial score (nSPS) is 10.9. The lowest BCUT2D eigenvalue weighted by Gasteiger charge is -2.03. The molecule has 0 unspecified atom stereocenters. The maximum Gasteiger partial charge on any atom is 0.111 e. The topological polar surface area (TPSA) is 30.7 Å². The van der Waals surface area contributed by atoms with Crippen LogP contribution >= 0.6 is 0 Å². The number of hydrogen-bond donors (Lipinski definition) is 0. The number of pyridine rings is 1. The SMILES string of the molecule is Cc1nn(CCc2ccccc2)c2cccnc12. The predicted molar refractivity (Wildman–Crippen MR) is 72.4 cm³/mol. The summed E-state index contributed by atoms with van der Waals surface area (Å²) in [6.45, 7) is 2.90. The van der Waals surface area contributed by atoms with Gasteiger partial charge >= 0.3 is 0 Å². The Bertz CT molecular complexity index is 656. The third kappa shape index (κ3) is 1.99. The molecule has 3 rings (SSSR count). The number of hydrogen-bond acceptors (Lipinski definition) is 2. The van der Waals surface area contributed by atoms with Crippen LogP contribution in [-0.2, 0) is 13.0 Å². The fourth-order valence-electron chi connectivity index (χ4n) is 2.22. The first kappa shape index (κ1) is 11.0. The molecular weight excluding hydrogens is 222 g/mol. The Morgan fingerprint density at radius 2 is 1.89 bits per heavy atom. The fraction of sp³-hybridized carbons (Fsp3) is 0.200. The van der Waals surface area contributed by atoms with Crippen molar-refractivity contribution >= 4 is 11.0 Å². The average molecular weight is 237 g/mol. The van der Waals surface area contributed by atoms with Crippen molar-refractivity contribution in [1.29, 1.82) is 0 Å². The summed E-state index contributed by atoms with van der Waals surface area (Å²) in [6.07, 6.45) is 2.81. The van der Waals surface area contributed by atoms with Crippen molar-refractivity contribution in [2.45, 2.75) is 19.9 Å². The predicted octanol–water partition coefficient (Wildman–Crippen LogP) is 2.98. The molecule has 0 atom stereocenters. The highest BCUT2D eigenvalue weighted by Crippen LogP contribution is 2.15. The summed E-state index contributed by atoms with van der Waals surface area (Å²) in [5, 5.41) is 4.56. The number of rotatable bonds is 3. The van der Waals surface area contributed by atoms with Gasteiger partial charge in [-0.15, -0.1) is 0 Å². The van der Waals surface area contributed by atoms with Crippen LogP contribution in [0.2, 0.25) is 0 Å². The van der Waals surface area contributed by atoms with E-state index in [2.05, 4.69) is 40.4 Å². The zero-order valence-electron chi connectivity index (χ0n) is 10.4. The van der Waals surface area contributed by atoms with Gasteiger partial charge in [0.25, 0.3) is 0 Å². The molecule has 0 saturated carbocycles. The Kier molecular flexibility index (Phi) is 2.81. The first-order valence-corrected chi connectivity index (χ1v) is 6.16. The fourth-order valence-corrected chi connectivity index (χ4v) is 2.22. The second-order valence-corrected chi connectivity index (χ2v) is 4.42. The molecule has 3 heteroatoms. The minimum absolute atomic E-state index is 0.889. The number of fused-ring (bicyclic) bond motifs is 1. The molecule has 18 heavy (non-hydrogen) atoms. The van der Waals surface area contributed by atoms with Crippen LogP contribution in [0.4, 0.5) is 0 Å². The van der Waals surface area contributed by atoms with Gasteiger partial charge in [-0.05, 0) is 31.0 Å². The first-order chi connectivity index (χ1) is 8.84. The largest absolute Gasteiger partial charge is 0.263 e. The van der Waals surface area contributed by atoms with E-state index < -0.39 is 0 Å². The number of aromatic nitrogens is 3. The van der Waals surface area contributed by atoms with Crippen molar-refractivity contribution in [3.8, 4) is 0 Å². The van der Waals surface area contributed by atoms with Gasteiger partial charge in [0.15, 0.2) is 0 Å². The number of nitrogens with zero attached hydrogens (tertiary/aromatic N) is 3. The third-order valence-corrected chi connectivity index (χ3v) is 3.13. The van der Waals surface area contributed by atoms with E-state index in [9.17, 15) is 0 Å². The molecule has 3 nitrogen and oxygen atoms in total. The van der Waals surface area contributed by atoms with Crippen LogP contribution in [0.1, 0.15) is 11.3 Å². The van der Waals surface area contributed by atoms with E-state index >= 15 is 0 Å². The lowest BCUT2D eigenvalue weighted by atomic mass is 10.1. The van der Waals surface area contributed by atoms with Crippen molar-refractivity contribution in [1.82, 2.24) is 14.8 Å². The zero-order chi connectivity index (χ0) is 12.4. The molecule has 2 heterocycles. The summed E-state index contributed by atoms with van der Waals surface area (Å²) in [5.74, 6) is 0. The average Bonchev–Trinajstić information content (AvgIpc) is 2.75. The standard InChI is InChI=1S/C15H15N3/c1-12-15-14(8-5-10-16-15)18(17-12)11-9-13-6-3-2-4-7-13/h2-8,10H,9,11H2,1H3. The monoisotopic (exact) mass is 237 g/mol. The lowest BCUT2D eigenvalue weighted by Crippen LogP contribution is -2.03. The molecule has 2 aromatic heterocycles. The summed E-state index contributed by atoms with van der Waals surface area (Å²) in [5.41, 5.74) is 4.46. The van der Waals surface area contributed by atoms with E-state index in [-0.39, 0.29) is 0 Å². The van der Waals surface area contributed by atoms with E-state index in [1.54, 1.807) is 0 Å². The zero-order valence-corrected chi connectivity index (χ0v) is 10.4. The van der Waals surface area contributed by atoms with Crippen LogP contribution in [0.3, 0.4) is 0 Å². The highest BCUT2D eigenvalue weighted by atomic mass is 15.3. The Labute approximate surface area is 106 Å². The molecule has 0 aliphatic rings. The van der Waals surface area contributed by atoms with Crippen molar-refractivity contribution in [3.05, 3.63) is 59.9 Å². The van der Waals surface area contributed by atoms with Gasteiger partial charge in [0, 0.05) is 12.7 Å². The minimum Gasteiger partial charge on any atom is -0.263 e. The van der Waals surface area contributed by atoms with E-state index in [0.717, 1.165) is 29.7 Å². The Morgan fingerprint density at radius 1 is 1.06 bits per heavy atom. The summed E-state index contributed by atoms with van der Waals surface area (Å²) in [7, 11) is 0. The summed E-state index contributed by atoms with van der Waals surface area (Å²) in [4.78, 5) is 4.37. The van der Waals surface area contributed by atoms with Crippen molar-refractivity contribution in [2.75, 3.05) is 0 Å². The quantitative estimate of drug-likeness (QED) is 0.701. The maximum absolute atomic E-state index is 4.56. The van der Waals surface area contributed by atoms with Crippen LogP contribution in [0.25, 0.3) is 11.0 Å². The van der Waals surface area contributed by atoms with E-state index in [1.807, 2.05) is 29.9 Å².